The van der Waals surface area contributed by atoms with E-state index in [0.717, 1.165) is 0 Å². The zero-order valence-electron chi connectivity index (χ0n) is 6.76. The van der Waals surface area contributed by atoms with Gasteiger partial charge >= 0.3 is 5.97 Å². The summed E-state index contributed by atoms with van der Waals surface area (Å²) in [6.07, 6.45) is 1.20. The van der Waals surface area contributed by atoms with Gasteiger partial charge in [-0.3, -0.25) is 9.59 Å². The molecule has 1 aliphatic carbocycles. The summed E-state index contributed by atoms with van der Waals surface area (Å²) >= 11 is 0. The van der Waals surface area contributed by atoms with Gasteiger partial charge in [-0.05, 0) is 19.8 Å². The van der Waals surface area contributed by atoms with Crippen LogP contribution in [-0.4, -0.2) is 16.9 Å². The number of carboxylic acid groups (broad SMARTS) is 1. The lowest BCUT2D eigenvalue weighted by Gasteiger charge is -2.15. The van der Waals surface area contributed by atoms with Gasteiger partial charge in [0.05, 0.1) is 0 Å². The lowest BCUT2D eigenvalue weighted by molar-refractivity contribution is -0.152. The van der Waals surface area contributed by atoms with Crippen LogP contribution in [0.25, 0.3) is 0 Å². The van der Waals surface area contributed by atoms with Gasteiger partial charge in [-0.25, -0.2) is 0 Å². The number of aliphatic carboxylic acids is 1. The number of carbonyl (C=O) groups excluding carboxylic acids is 1. The molecule has 0 aliphatic heterocycles. The number of hydrogen-bond acceptors (Lipinski definition) is 2. The molecule has 0 amide bonds. The van der Waals surface area contributed by atoms with Gasteiger partial charge in [0.2, 0.25) is 0 Å². The maximum Gasteiger partial charge on any atom is 0.316 e. The Labute approximate surface area is 65.4 Å². The second kappa shape index (κ2) is 2.32. The molecule has 1 rings (SSSR count). The zero-order chi connectivity index (χ0) is 8.65. The molecule has 0 heterocycles. The van der Waals surface area contributed by atoms with E-state index in [2.05, 4.69) is 0 Å². The lowest BCUT2D eigenvalue weighted by atomic mass is 9.87. The summed E-state index contributed by atoms with van der Waals surface area (Å²) in [5, 5.41) is 8.74. The normalized spacial score (nSPS) is 37.6. The zero-order valence-corrected chi connectivity index (χ0v) is 6.76. The highest BCUT2D eigenvalue weighted by molar-refractivity contribution is 6.05. The summed E-state index contributed by atoms with van der Waals surface area (Å²) in [5.41, 5.74) is -1.10. The minimum atomic E-state index is -1.10. The molecule has 3 heteroatoms. The second-order valence-corrected chi connectivity index (χ2v) is 3.44. The Bertz CT molecular complexity index is 209. The number of Topliss-reactive ketones (excluding diaryl/α,β-unsaturated/α-hetero) is 1. The molecule has 62 valence electrons. The molecule has 0 aromatic carbocycles. The number of ketones is 1. The Balaban J connectivity index is 2.90. The second-order valence-electron chi connectivity index (χ2n) is 3.44. The fourth-order valence-corrected chi connectivity index (χ4v) is 1.52. The molecule has 1 fully saturated rings. The Hall–Kier alpha value is -0.860. The number of rotatable bonds is 1. The average Bonchev–Trinajstić information content (AvgIpc) is 2.18. The molecule has 2 unspecified atom stereocenters. The van der Waals surface area contributed by atoms with E-state index in [4.69, 9.17) is 5.11 Å². The highest BCUT2D eigenvalue weighted by atomic mass is 16.4. The minimum absolute atomic E-state index is 0.0731. The summed E-state index contributed by atoms with van der Waals surface area (Å²) in [7, 11) is 0. The van der Waals surface area contributed by atoms with Gasteiger partial charge < -0.3 is 5.11 Å². The molecule has 2 atom stereocenters. The molecular formula is C8H12O3. The van der Waals surface area contributed by atoms with Crippen molar-refractivity contribution in [3.63, 3.8) is 0 Å². The highest BCUT2D eigenvalue weighted by Gasteiger charge is 2.47. The van der Waals surface area contributed by atoms with Crippen molar-refractivity contribution in [2.24, 2.45) is 11.3 Å². The van der Waals surface area contributed by atoms with E-state index in [1.54, 1.807) is 6.92 Å². The molecular weight excluding hydrogens is 144 g/mol. The first-order chi connectivity index (χ1) is 4.98. The van der Waals surface area contributed by atoms with E-state index < -0.39 is 11.4 Å². The van der Waals surface area contributed by atoms with E-state index in [9.17, 15) is 9.59 Å². The van der Waals surface area contributed by atoms with Crippen LogP contribution in [0.3, 0.4) is 0 Å². The van der Waals surface area contributed by atoms with Crippen LogP contribution in [0.4, 0.5) is 0 Å². The molecule has 1 saturated carbocycles. The molecule has 0 bridgehead atoms. The third kappa shape index (κ3) is 1.04. The summed E-state index contributed by atoms with van der Waals surface area (Å²) in [4.78, 5) is 21.9. The third-order valence-corrected chi connectivity index (χ3v) is 2.54. The quantitative estimate of drug-likeness (QED) is 0.578. The summed E-state index contributed by atoms with van der Waals surface area (Å²) in [6.45, 7) is 3.30. The summed E-state index contributed by atoms with van der Waals surface area (Å²) in [6, 6.07) is 0. The van der Waals surface area contributed by atoms with Gasteiger partial charge in [0.25, 0.3) is 0 Å². The fraction of sp³-hybridized carbons (Fsp3) is 0.750. The Morgan fingerprint density at radius 1 is 1.73 bits per heavy atom. The minimum Gasteiger partial charge on any atom is -0.481 e. The number of hydrogen-bond donors (Lipinski definition) is 1. The molecule has 0 radical (unpaired) electrons. The fourth-order valence-electron chi connectivity index (χ4n) is 1.52. The van der Waals surface area contributed by atoms with Crippen molar-refractivity contribution in [3.8, 4) is 0 Å². The molecule has 1 aliphatic rings. The first-order valence-electron chi connectivity index (χ1n) is 3.76. The van der Waals surface area contributed by atoms with E-state index in [1.165, 1.54) is 6.92 Å². The van der Waals surface area contributed by atoms with E-state index in [1.807, 2.05) is 0 Å². The smallest absolute Gasteiger partial charge is 0.316 e. The number of carboxylic acids is 1. The van der Waals surface area contributed by atoms with Crippen molar-refractivity contribution in [1.29, 1.82) is 0 Å². The lowest BCUT2D eigenvalue weighted by Crippen LogP contribution is -2.33. The van der Waals surface area contributed by atoms with Crippen LogP contribution in [0.5, 0.6) is 0 Å². The molecule has 0 spiro atoms. The van der Waals surface area contributed by atoms with Crippen LogP contribution in [0.1, 0.15) is 26.7 Å². The largest absolute Gasteiger partial charge is 0.481 e. The Morgan fingerprint density at radius 2 is 2.27 bits per heavy atom. The van der Waals surface area contributed by atoms with E-state index in [0.29, 0.717) is 12.8 Å². The summed E-state index contributed by atoms with van der Waals surface area (Å²) in [5.74, 6) is -1.17. The van der Waals surface area contributed by atoms with Crippen LogP contribution in [0.15, 0.2) is 0 Å². The molecule has 0 aromatic heterocycles. The van der Waals surface area contributed by atoms with Crippen LogP contribution >= 0.6 is 0 Å². The topological polar surface area (TPSA) is 54.4 Å². The Kier molecular flexibility index (Phi) is 1.74. The van der Waals surface area contributed by atoms with Crippen LogP contribution < -0.4 is 0 Å². The predicted octanol–water partition coefficient (Wildman–Crippen LogP) is 1.08. The van der Waals surface area contributed by atoms with Gasteiger partial charge in [-0.1, -0.05) is 6.92 Å². The standard InChI is InChI=1S/C8H12O3/c1-5-3-4-8(2,6(5)9)7(10)11/h5H,3-4H2,1-2H3,(H,10,11). The first-order valence-corrected chi connectivity index (χ1v) is 3.76. The van der Waals surface area contributed by atoms with Crippen molar-refractivity contribution >= 4 is 11.8 Å². The van der Waals surface area contributed by atoms with Gasteiger partial charge in [0.15, 0.2) is 5.78 Å². The van der Waals surface area contributed by atoms with Gasteiger partial charge in [-0.15, -0.1) is 0 Å². The third-order valence-electron chi connectivity index (χ3n) is 2.54. The van der Waals surface area contributed by atoms with Crippen molar-refractivity contribution in [3.05, 3.63) is 0 Å². The average molecular weight is 156 g/mol. The first kappa shape index (κ1) is 8.24. The molecule has 0 aromatic rings. The Morgan fingerprint density at radius 3 is 2.45 bits per heavy atom. The van der Waals surface area contributed by atoms with E-state index >= 15 is 0 Å². The molecule has 11 heavy (non-hydrogen) atoms. The van der Waals surface area contributed by atoms with Gasteiger partial charge in [0.1, 0.15) is 5.41 Å². The van der Waals surface area contributed by atoms with Crippen LogP contribution in [-0.2, 0) is 9.59 Å². The van der Waals surface area contributed by atoms with Crippen molar-refractivity contribution in [1.82, 2.24) is 0 Å². The van der Waals surface area contributed by atoms with Crippen LogP contribution in [0, 0.1) is 11.3 Å². The van der Waals surface area contributed by atoms with E-state index in [-0.39, 0.29) is 11.7 Å². The summed E-state index contributed by atoms with van der Waals surface area (Å²) < 4.78 is 0. The van der Waals surface area contributed by atoms with Crippen molar-refractivity contribution in [2.45, 2.75) is 26.7 Å². The monoisotopic (exact) mass is 156 g/mol. The molecule has 0 saturated heterocycles. The maximum atomic E-state index is 11.3. The van der Waals surface area contributed by atoms with Crippen molar-refractivity contribution in [2.75, 3.05) is 0 Å². The predicted molar refractivity (Wildman–Crippen MR) is 39.1 cm³/mol. The highest BCUT2D eigenvalue weighted by Crippen LogP contribution is 2.37. The van der Waals surface area contributed by atoms with Gasteiger partial charge in [0, 0.05) is 5.92 Å². The van der Waals surface area contributed by atoms with Gasteiger partial charge in [-0.2, -0.15) is 0 Å². The number of carbonyl (C=O) groups is 2. The molecule has 1 N–H and O–H groups in total. The maximum absolute atomic E-state index is 11.3. The van der Waals surface area contributed by atoms with Crippen LogP contribution in [0.2, 0.25) is 0 Å². The molecule has 3 nitrogen and oxygen atoms in total. The SMILES string of the molecule is CC1CCC(C)(C(=O)O)C1=O. The van der Waals surface area contributed by atoms with Crippen molar-refractivity contribution < 1.29 is 14.7 Å².